The van der Waals surface area contributed by atoms with E-state index >= 15 is 0 Å². The molecule has 0 radical (unpaired) electrons. The summed E-state index contributed by atoms with van der Waals surface area (Å²) in [4.78, 5) is 0. The van der Waals surface area contributed by atoms with Crippen molar-refractivity contribution in [3.8, 4) is 0 Å². The van der Waals surface area contributed by atoms with E-state index in [0.717, 1.165) is 11.8 Å². The summed E-state index contributed by atoms with van der Waals surface area (Å²) in [5, 5.41) is 0.649. The van der Waals surface area contributed by atoms with Crippen molar-refractivity contribution < 1.29 is 0 Å². The summed E-state index contributed by atoms with van der Waals surface area (Å²) in [5.74, 6) is 2.11. The predicted molar refractivity (Wildman–Crippen MR) is 54.7 cm³/mol. The molecule has 0 bridgehead atoms. The van der Waals surface area contributed by atoms with Crippen LogP contribution in [-0.4, -0.2) is 18.5 Å². The van der Waals surface area contributed by atoms with Crippen LogP contribution in [0.1, 0.15) is 33.6 Å². The Hall–Kier alpha value is 0.430. The molecular weight excluding hydrogens is 151 g/mol. The monoisotopic (exact) mass is 172 g/mol. The molecule has 1 aliphatic rings. The van der Waals surface area contributed by atoms with Crippen LogP contribution < -0.4 is 0 Å². The van der Waals surface area contributed by atoms with Crippen molar-refractivity contribution in [3.63, 3.8) is 0 Å². The van der Waals surface area contributed by atoms with Crippen LogP contribution in [0.25, 0.3) is 0 Å². The van der Waals surface area contributed by atoms with Crippen LogP contribution in [0.15, 0.2) is 0 Å². The third kappa shape index (κ3) is 1.78. The first-order valence-corrected chi connectivity index (χ1v) is 6.91. The van der Waals surface area contributed by atoms with Crippen LogP contribution in [0.2, 0.25) is 0 Å². The van der Waals surface area contributed by atoms with Crippen molar-refractivity contribution >= 4 is 7.92 Å². The van der Waals surface area contributed by atoms with Gasteiger partial charge in [0.25, 0.3) is 0 Å². The maximum Gasteiger partial charge on any atom is -0.0125 e. The van der Waals surface area contributed by atoms with E-state index in [1.165, 1.54) is 12.8 Å². The van der Waals surface area contributed by atoms with Gasteiger partial charge in [-0.3, -0.25) is 0 Å². The first-order chi connectivity index (χ1) is 5.00. The van der Waals surface area contributed by atoms with Gasteiger partial charge < -0.3 is 0 Å². The Morgan fingerprint density at radius 3 is 2.18 bits per heavy atom. The zero-order valence-electron chi connectivity index (χ0n) is 8.52. The topological polar surface area (TPSA) is 0 Å². The molecule has 0 saturated heterocycles. The van der Waals surface area contributed by atoms with Crippen molar-refractivity contribution in [1.82, 2.24) is 0 Å². The Bertz CT molecular complexity index is 138. The first kappa shape index (κ1) is 9.52. The third-order valence-electron chi connectivity index (χ3n) is 3.51. The molecule has 0 amide bonds. The lowest BCUT2D eigenvalue weighted by Gasteiger charge is -2.30. The maximum absolute atomic E-state index is 2.46. The summed E-state index contributed by atoms with van der Waals surface area (Å²) in [6.07, 6.45) is 2.90. The normalized spacial score (nSPS) is 31.1. The fourth-order valence-corrected chi connectivity index (χ4v) is 2.88. The fourth-order valence-electron chi connectivity index (χ4n) is 1.90. The van der Waals surface area contributed by atoms with Crippen molar-refractivity contribution in [2.75, 3.05) is 13.3 Å². The lowest BCUT2D eigenvalue weighted by Crippen LogP contribution is -2.20. The number of rotatable bonds is 3. The van der Waals surface area contributed by atoms with Crippen molar-refractivity contribution in [1.29, 1.82) is 0 Å². The summed E-state index contributed by atoms with van der Waals surface area (Å²) in [6, 6.07) is 0. The second-order valence-electron chi connectivity index (χ2n) is 4.56. The minimum absolute atomic E-state index is 0.247. The lowest BCUT2D eigenvalue weighted by molar-refractivity contribution is 0.549. The molecule has 0 heterocycles. The van der Waals surface area contributed by atoms with Crippen LogP contribution in [0, 0.1) is 11.8 Å². The number of hydrogen-bond donors (Lipinski definition) is 0. The minimum Gasteiger partial charge on any atom is -0.107 e. The number of hydrogen-bond acceptors (Lipinski definition) is 0. The average molecular weight is 172 g/mol. The summed E-state index contributed by atoms with van der Waals surface area (Å²) < 4.78 is 0. The molecule has 0 nitrogen and oxygen atoms in total. The second kappa shape index (κ2) is 3.05. The standard InChI is InChI=1S/C10H21P/c1-6-8-7-9(8)10(2,3)11(4)5/h8-9H,6-7H2,1-5H3. The molecule has 66 valence electrons. The Kier molecular flexibility index (Phi) is 2.64. The van der Waals surface area contributed by atoms with Crippen molar-refractivity contribution in [2.45, 2.75) is 38.8 Å². The highest BCUT2D eigenvalue weighted by molar-refractivity contribution is 7.57. The summed E-state index contributed by atoms with van der Waals surface area (Å²) in [7, 11) is 0.247. The van der Waals surface area contributed by atoms with Gasteiger partial charge in [-0.15, -0.1) is 7.92 Å². The van der Waals surface area contributed by atoms with Gasteiger partial charge in [0.1, 0.15) is 0 Å². The van der Waals surface area contributed by atoms with E-state index < -0.39 is 0 Å². The van der Waals surface area contributed by atoms with Crippen molar-refractivity contribution in [3.05, 3.63) is 0 Å². The average Bonchev–Trinajstić information content (AvgIpc) is 2.65. The van der Waals surface area contributed by atoms with Gasteiger partial charge in [-0.05, 0) is 36.7 Å². The van der Waals surface area contributed by atoms with Gasteiger partial charge in [0.2, 0.25) is 0 Å². The maximum atomic E-state index is 2.46. The van der Waals surface area contributed by atoms with Crippen LogP contribution >= 0.6 is 7.92 Å². The highest BCUT2D eigenvalue weighted by Crippen LogP contribution is 2.60. The largest absolute Gasteiger partial charge is 0.107 e. The highest BCUT2D eigenvalue weighted by atomic mass is 31.1. The molecule has 0 aromatic carbocycles. The van der Waals surface area contributed by atoms with E-state index in [1.54, 1.807) is 0 Å². The van der Waals surface area contributed by atoms with Gasteiger partial charge in [-0.2, -0.15) is 0 Å². The molecule has 1 fully saturated rings. The first-order valence-electron chi connectivity index (χ1n) is 4.67. The molecule has 0 N–H and O–H groups in total. The summed E-state index contributed by atoms with van der Waals surface area (Å²) >= 11 is 0. The zero-order chi connectivity index (χ0) is 8.65. The van der Waals surface area contributed by atoms with E-state index in [4.69, 9.17) is 0 Å². The van der Waals surface area contributed by atoms with E-state index in [-0.39, 0.29) is 7.92 Å². The molecule has 1 heteroatoms. The molecule has 2 atom stereocenters. The Labute approximate surface area is 72.5 Å². The molecule has 1 saturated carbocycles. The Morgan fingerprint density at radius 2 is 1.91 bits per heavy atom. The van der Waals surface area contributed by atoms with Gasteiger partial charge >= 0.3 is 0 Å². The van der Waals surface area contributed by atoms with Gasteiger partial charge in [-0.1, -0.05) is 27.2 Å². The van der Waals surface area contributed by atoms with Crippen LogP contribution in [-0.2, 0) is 0 Å². The predicted octanol–water partition coefficient (Wildman–Crippen LogP) is 3.55. The van der Waals surface area contributed by atoms with Gasteiger partial charge in [-0.25, -0.2) is 0 Å². The van der Waals surface area contributed by atoms with E-state index in [2.05, 4.69) is 34.1 Å². The molecule has 0 aromatic heterocycles. The van der Waals surface area contributed by atoms with E-state index in [9.17, 15) is 0 Å². The Morgan fingerprint density at radius 1 is 1.36 bits per heavy atom. The van der Waals surface area contributed by atoms with Gasteiger partial charge in [0.15, 0.2) is 0 Å². The molecule has 11 heavy (non-hydrogen) atoms. The van der Waals surface area contributed by atoms with Gasteiger partial charge in [0.05, 0.1) is 0 Å². The lowest BCUT2D eigenvalue weighted by atomic mass is 10.1. The molecule has 1 aliphatic carbocycles. The smallest absolute Gasteiger partial charge is 0.0125 e. The summed E-state index contributed by atoms with van der Waals surface area (Å²) in [6.45, 7) is 12.1. The second-order valence-corrected chi connectivity index (χ2v) is 7.50. The highest BCUT2D eigenvalue weighted by Gasteiger charge is 2.47. The van der Waals surface area contributed by atoms with Crippen LogP contribution in [0.5, 0.6) is 0 Å². The quantitative estimate of drug-likeness (QED) is 0.571. The third-order valence-corrected chi connectivity index (χ3v) is 6.14. The van der Waals surface area contributed by atoms with Crippen molar-refractivity contribution in [2.24, 2.45) is 11.8 Å². The van der Waals surface area contributed by atoms with E-state index in [1.807, 2.05) is 0 Å². The molecule has 0 aliphatic heterocycles. The Balaban J connectivity index is 2.48. The minimum atomic E-state index is 0.247. The molecule has 2 unspecified atom stereocenters. The van der Waals surface area contributed by atoms with Crippen LogP contribution in [0.3, 0.4) is 0 Å². The molecule has 0 spiro atoms. The SMILES string of the molecule is CCC1CC1C(C)(C)P(C)C. The van der Waals surface area contributed by atoms with E-state index in [0.29, 0.717) is 5.16 Å². The molecular formula is C10H21P. The molecule has 0 aromatic rings. The van der Waals surface area contributed by atoms with Crippen LogP contribution in [0.4, 0.5) is 0 Å². The summed E-state index contributed by atoms with van der Waals surface area (Å²) in [5.41, 5.74) is 0. The molecule has 1 rings (SSSR count). The fraction of sp³-hybridized carbons (Fsp3) is 1.00. The van der Waals surface area contributed by atoms with Gasteiger partial charge in [0, 0.05) is 0 Å². The zero-order valence-corrected chi connectivity index (χ0v) is 9.41.